The number of aromatic amines is 1. The molecule has 1 N–H and O–H groups in total. The summed E-state index contributed by atoms with van der Waals surface area (Å²) in [4.78, 5) is 15.4. The molecule has 5 nitrogen and oxygen atoms in total. The Morgan fingerprint density at radius 2 is 1.89 bits per heavy atom. The molecule has 0 aliphatic rings. The van der Waals surface area contributed by atoms with Crippen LogP contribution in [0, 0.1) is 0 Å². The van der Waals surface area contributed by atoms with Gasteiger partial charge in [-0.05, 0) is 23.8 Å². The molecule has 0 amide bonds. The summed E-state index contributed by atoms with van der Waals surface area (Å²) in [7, 11) is 1.65. The van der Waals surface area contributed by atoms with Gasteiger partial charge < -0.3 is 9.72 Å². The highest BCUT2D eigenvalue weighted by molar-refractivity contribution is 5.83. The molecule has 0 bridgehead atoms. The molecular formula is C14H12N4O. The lowest BCUT2D eigenvalue weighted by molar-refractivity contribution is 0.415. The second kappa shape index (κ2) is 4.89. The summed E-state index contributed by atoms with van der Waals surface area (Å²) in [5.74, 6) is 0.843. The maximum atomic E-state index is 5.12. The van der Waals surface area contributed by atoms with Crippen molar-refractivity contribution in [1.82, 2.24) is 19.9 Å². The number of imidazole rings is 1. The second-order valence-corrected chi connectivity index (χ2v) is 3.97. The number of fused-ring (bicyclic) bond motifs is 1. The summed E-state index contributed by atoms with van der Waals surface area (Å²) in [5.41, 5.74) is 3.40. The summed E-state index contributed by atoms with van der Waals surface area (Å²) in [5, 5.41) is 0. The number of nitrogens with zero attached hydrogens (tertiary/aromatic N) is 3. The fraction of sp³-hybridized carbons (Fsp3) is 0.0714. The van der Waals surface area contributed by atoms with Crippen molar-refractivity contribution in [1.29, 1.82) is 0 Å². The van der Waals surface area contributed by atoms with Gasteiger partial charge in [0.15, 0.2) is 5.65 Å². The number of ether oxygens (including phenoxy) is 1. The van der Waals surface area contributed by atoms with Crippen LogP contribution in [0.4, 0.5) is 0 Å². The molecule has 2 heterocycles. The first-order valence-corrected chi connectivity index (χ1v) is 5.83. The molecule has 3 aromatic rings. The van der Waals surface area contributed by atoms with Crippen molar-refractivity contribution in [3.05, 3.63) is 48.2 Å². The Morgan fingerprint density at radius 3 is 2.68 bits per heavy atom. The summed E-state index contributed by atoms with van der Waals surface area (Å²) in [6.45, 7) is 0. The quantitative estimate of drug-likeness (QED) is 0.778. The number of rotatable bonds is 3. The molecule has 0 spiro atoms. The van der Waals surface area contributed by atoms with Crippen molar-refractivity contribution in [2.24, 2.45) is 0 Å². The number of nitrogens with one attached hydrogen (secondary N) is 1. The number of H-pyrrole nitrogens is 1. The lowest BCUT2D eigenvalue weighted by Crippen LogP contribution is -1.86. The van der Waals surface area contributed by atoms with E-state index in [9.17, 15) is 0 Å². The molecule has 1 aromatic carbocycles. The maximum Gasteiger partial charge on any atom is 0.181 e. The molecule has 0 fully saturated rings. The lowest BCUT2D eigenvalue weighted by atomic mass is 10.2. The summed E-state index contributed by atoms with van der Waals surface area (Å²) in [6, 6.07) is 7.82. The number of hydrogen-bond acceptors (Lipinski definition) is 4. The van der Waals surface area contributed by atoms with Gasteiger partial charge in [0.1, 0.15) is 17.6 Å². The summed E-state index contributed by atoms with van der Waals surface area (Å²) in [6.07, 6.45) is 7.05. The molecule has 0 aliphatic carbocycles. The van der Waals surface area contributed by atoms with Crippen molar-refractivity contribution >= 4 is 23.3 Å². The first-order valence-electron chi connectivity index (χ1n) is 5.83. The maximum absolute atomic E-state index is 5.12. The van der Waals surface area contributed by atoms with Crippen molar-refractivity contribution in [3.8, 4) is 5.75 Å². The minimum atomic E-state index is 0.671. The van der Waals surface area contributed by atoms with E-state index in [-0.39, 0.29) is 0 Å². The van der Waals surface area contributed by atoms with Gasteiger partial charge in [-0.2, -0.15) is 0 Å². The van der Waals surface area contributed by atoms with Crippen LogP contribution in [0.2, 0.25) is 0 Å². The van der Waals surface area contributed by atoms with Crippen LogP contribution in [0.3, 0.4) is 0 Å². The number of aromatic nitrogens is 4. The van der Waals surface area contributed by atoms with Crippen LogP contribution in [0.1, 0.15) is 11.3 Å². The van der Waals surface area contributed by atoms with Crippen molar-refractivity contribution in [3.63, 3.8) is 0 Å². The van der Waals surface area contributed by atoms with Gasteiger partial charge >= 0.3 is 0 Å². The molecule has 3 rings (SSSR count). The molecule has 19 heavy (non-hydrogen) atoms. The van der Waals surface area contributed by atoms with Gasteiger partial charge in [0.25, 0.3) is 0 Å². The number of hydrogen-bond donors (Lipinski definition) is 1. The van der Waals surface area contributed by atoms with Gasteiger partial charge in [0.2, 0.25) is 0 Å². The van der Waals surface area contributed by atoms with Crippen LogP contribution in [0.5, 0.6) is 5.75 Å². The zero-order valence-corrected chi connectivity index (χ0v) is 10.4. The van der Waals surface area contributed by atoms with E-state index in [4.69, 9.17) is 4.74 Å². The average Bonchev–Trinajstić information content (AvgIpc) is 2.94. The highest BCUT2D eigenvalue weighted by Crippen LogP contribution is 2.15. The zero-order valence-electron chi connectivity index (χ0n) is 10.4. The Morgan fingerprint density at radius 1 is 1.05 bits per heavy atom. The molecule has 0 radical (unpaired) electrons. The van der Waals surface area contributed by atoms with E-state index in [1.165, 1.54) is 6.33 Å². The number of benzene rings is 1. The van der Waals surface area contributed by atoms with Crippen LogP contribution >= 0.6 is 0 Å². The average molecular weight is 252 g/mol. The van der Waals surface area contributed by atoms with Gasteiger partial charge in [-0.3, -0.25) is 0 Å². The molecule has 0 saturated carbocycles. The van der Waals surface area contributed by atoms with E-state index in [2.05, 4.69) is 19.9 Å². The largest absolute Gasteiger partial charge is 0.497 e. The molecule has 0 aliphatic heterocycles. The molecule has 0 saturated heterocycles. The van der Waals surface area contributed by atoms with E-state index in [1.807, 2.05) is 36.4 Å². The Labute approximate surface area is 110 Å². The molecular weight excluding hydrogens is 240 g/mol. The second-order valence-electron chi connectivity index (χ2n) is 3.97. The van der Waals surface area contributed by atoms with Crippen molar-refractivity contribution in [2.75, 3.05) is 7.11 Å². The van der Waals surface area contributed by atoms with E-state index >= 15 is 0 Å². The predicted molar refractivity (Wildman–Crippen MR) is 73.6 cm³/mol. The fourth-order valence-corrected chi connectivity index (χ4v) is 1.80. The lowest BCUT2D eigenvalue weighted by Gasteiger charge is -1.99. The standard InChI is InChI=1S/C14H12N4O/c1-19-11-5-2-10(3-6-11)4-7-12-13-14(17-8-15-12)18-9-16-13/h2-9H,1H3,(H,15,16,17,18)/b7-4+. The minimum absolute atomic E-state index is 0.671. The van der Waals surface area contributed by atoms with E-state index < -0.39 is 0 Å². The zero-order chi connectivity index (χ0) is 13.1. The first kappa shape index (κ1) is 11.4. The molecule has 2 aromatic heterocycles. The summed E-state index contributed by atoms with van der Waals surface area (Å²) >= 11 is 0. The highest BCUT2D eigenvalue weighted by Gasteiger charge is 2.01. The highest BCUT2D eigenvalue weighted by atomic mass is 16.5. The van der Waals surface area contributed by atoms with Crippen molar-refractivity contribution < 1.29 is 4.74 Å². The fourth-order valence-electron chi connectivity index (χ4n) is 1.80. The van der Waals surface area contributed by atoms with Crippen LogP contribution in [0.25, 0.3) is 23.3 Å². The smallest absolute Gasteiger partial charge is 0.181 e. The third-order valence-electron chi connectivity index (χ3n) is 2.80. The monoisotopic (exact) mass is 252 g/mol. The van der Waals surface area contributed by atoms with Crippen LogP contribution < -0.4 is 4.74 Å². The third kappa shape index (κ3) is 2.30. The SMILES string of the molecule is COc1ccc(/C=C/c2ncnc3nc[nH]c23)cc1. The molecule has 5 heteroatoms. The van der Waals surface area contributed by atoms with Crippen LogP contribution in [-0.4, -0.2) is 27.0 Å². The van der Waals surface area contributed by atoms with Gasteiger partial charge in [0, 0.05) is 0 Å². The van der Waals surface area contributed by atoms with E-state index in [1.54, 1.807) is 13.4 Å². The van der Waals surface area contributed by atoms with Gasteiger partial charge in [0.05, 0.1) is 19.1 Å². The summed E-state index contributed by atoms with van der Waals surface area (Å²) < 4.78 is 5.12. The first-order chi connectivity index (χ1) is 9.36. The third-order valence-corrected chi connectivity index (χ3v) is 2.80. The van der Waals surface area contributed by atoms with Crippen molar-refractivity contribution in [2.45, 2.75) is 0 Å². The van der Waals surface area contributed by atoms with Gasteiger partial charge in [-0.15, -0.1) is 0 Å². The molecule has 0 atom stereocenters. The predicted octanol–water partition coefficient (Wildman–Crippen LogP) is 2.53. The van der Waals surface area contributed by atoms with Gasteiger partial charge in [-0.1, -0.05) is 18.2 Å². The number of methoxy groups -OCH3 is 1. The minimum Gasteiger partial charge on any atom is -0.497 e. The Balaban J connectivity index is 1.91. The topological polar surface area (TPSA) is 63.7 Å². The van der Waals surface area contributed by atoms with Gasteiger partial charge in [-0.25, -0.2) is 15.0 Å². The molecule has 94 valence electrons. The van der Waals surface area contributed by atoms with E-state index in [0.29, 0.717) is 5.65 Å². The van der Waals surface area contributed by atoms with Crippen LogP contribution in [0.15, 0.2) is 36.9 Å². The Bertz CT molecular complexity index is 716. The van der Waals surface area contributed by atoms with E-state index in [0.717, 1.165) is 22.5 Å². The normalized spacial score (nSPS) is 11.2. The Kier molecular flexibility index (Phi) is 2.94. The van der Waals surface area contributed by atoms with Crippen LogP contribution in [-0.2, 0) is 0 Å². The molecule has 0 unspecified atom stereocenters. The Hall–Kier alpha value is -2.69.